The third-order valence-electron chi connectivity index (χ3n) is 3.65. The van der Waals surface area contributed by atoms with E-state index in [0.29, 0.717) is 13.1 Å². The quantitative estimate of drug-likeness (QED) is 0.830. The van der Waals surface area contributed by atoms with Crippen LogP contribution in [-0.4, -0.2) is 30.8 Å². The fourth-order valence-electron chi connectivity index (χ4n) is 2.67. The van der Waals surface area contributed by atoms with Gasteiger partial charge in [0, 0.05) is 18.8 Å². The molecule has 0 atom stereocenters. The van der Waals surface area contributed by atoms with Crippen LogP contribution in [0, 0.1) is 0 Å². The molecular weight excluding hydrogens is 288 g/mol. The van der Waals surface area contributed by atoms with E-state index in [0.717, 1.165) is 12.8 Å². The molecule has 0 saturated heterocycles. The molecule has 0 radical (unpaired) electrons. The van der Waals surface area contributed by atoms with Gasteiger partial charge in [0.2, 0.25) is 10.0 Å². The number of hydrogen-bond acceptors (Lipinski definition) is 4. The Labute approximate surface area is 124 Å². The summed E-state index contributed by atoms with van der Waals surface area (Å²) >= 11 is 0. The van der Waals surface area contributed by atoms with Gasteiger partial charge in [0.1, 0.15) is 4.90 Å². The third-order valence-corrected chi connectivity index (χ3v) is 5.13. The average molecular weight is 306 g/mol. The number of benzene rings is 1. The first kappa shape index (κ1) is 14.2. The number of nitrogens with zero attached hydrogens (tertiary/aromatic N) is 2. The van der Waals surface area contributed by atoms with Gasteiger partial charge in [-0.1, -0.05) is 24.3 Å². The van der Waals surface area contributed by atoms with Crippen molar-refractivity contribution in [1.29, 1.82) is 0 Å². The summed E-state index contributed by atoms with van der Waals surface area (Å²) in [6.45, 7) is 0.928. The van der Waals surface area contributed by atoms with Crippen LogP contribution in [0.4, 0.5) is 0 Å². The van der Waals surface area contributed by atoms with E-state index >= 15 is 0 Å². The first-order valence-corrected chi connectivity index (χ1v) is 8.38. The number of hydrogen-bond donors (Lipinski definition) is 2. The molecule has 0 saturated carbocycles. The lowest BCUT2D eigenvalue weighted by Crippen LogP contribution is -2.35. The second-order valence-electron chi connectivity index (χ2n) is 5.22. The third kappa shape index (κ3) is 2.99. The summed E-state index contributed by atoms with van der Waals surface area (Å²) in [7, 11) is -3.53. The lowest BCUT2D eigenvalue weighted by molar-refractivity contribution is 0.555. The SMILES string of the molecule is NCCn1cc(S(=O)(=O)NC2Cc3ccccc3C2)cn1. The molecule has 1 heterocycles. The summed E-state index contributed by atoms with van der Waals surface area (Å²) in [6.07, 6.45) is 4.33. The van der Waals surface area contributed by atoms with Gasteiger partial charge in [0.15, 0.2) is 0 Å². The second-order valence-corrected chi connectivity index (χ2v) is 6.94. The molecule has 2 aromatic rings. The number of nitrogens with two attached hydrogens (primary N) is 1. The highest BCUT2D eigenvalue weighted by atomic mass is 32.2. The highest BCUT2D eigenvalue weighted by Gasteiger charge is 2.26. The molecule has 1 aromatic heterocycles. The molecule has 0 aliphatic heterocycles. The zero-order valence-electron chi connectivity index (χ0n) is 11.6. The van der Waals surface area contributed by atoms with E-state index in [-0.39, 0.29) is 10.9 Å². The molecule has 7 heteroatoms. The van der Waals surface area contributed by atoms with Gasteiger partial charge in [-0.3, -0.25) is 4.68 Å². The first-order chi connectivity index (χ1) is 10.1. The van der Waals surface area contributed by atoms with Crippen LogP contribution in [0.1, 0.15) is 11.1 Å². The molecule has 0 fully saturated rings. The summed E-state index contributed by atoms with van der Waals surface area (Å²) in [6, 6.07) is 7.95. The van der Waals surface area contributed by atoms with Gasteiger partial charge in [-0.05, 0) is 24.0 Å². The van der Waals surface area contributed by atoms with Crippen molar-refractivity contribution in [2.45, 2.75) is 30.3 Å². The van der Waals surface area contributed by atoms with Crippen molar-refractivity contribution in [2.24, 2.45) is 5.73 Å². The highest BCUT2D eigenvalue weighted by Crippen LogP contribution is 2.23. The molecule has 112 valence electrons. The summed E-state index contributed by atoms with van der Waals surface area (Å²) in [5.41, 5.74) is 7.86. The Kier molecular flexibility index (Phi) is 3.79. The van der Waals surface area contributed by atoms with Crippen molar-refractivity contribution in [3.63, 3.8) is 0 Å². The maximum Gasteiger partial charge on any atom is 0.243 e. The van der Waals surface area contributed by atoms with E-state index in [2.05, 4.69) is 9.82 Å². The van der Waals surface area contributed by atoms with Crippen LogP contribution in [0.2, 0.25) is 0 Å². The molecule has 1 aliphatic rings. The first-order valence-electron chi connectivity index (χ1n) is 6.90. The molecule has 0 spiro atoms. The Morgan fingerprint density at radius 1 is 1.29 bits per heavy atom. The predicted octanol–water partition coefficient (Wildman–Crippen LogP) is 0.288. The minimum Gasteiger partial charge on any atom is -0.329 e. The maximum atomic E-state index is 12.4. The Hall–Kier alpha value is -1.70. The zero-order valence-corrected chi connectivity index (χ0v) is 12.4. The van der Waals surface area contributed by atoms with E-state index in [1.165, 1.54) is 28.2 Å². The lowest BCUT2D eigenvalue weighted by Gasteiger charge is -2.11. The van der Waals surface area contributed by atoms with Gasteiger partial charge in [0.25, 0.3) is 0 Å². The average Bonchev–Trinajstić information content (AvgIpc) is 3.04. The van der Waals surface area contributed by atoms with Crippen LogP contribution in [0.25, 0.3) is 0 Å². The highest BCUT2D eigenvalue weighted by molar-refractivity contribution is 7.89. The van der Waals surface area contributed by atoms with Crippen molar-refractivity contribution in [1.82, 2.24) is 14.5 Å². The molecule has 1 aromatic carbocycles. The normalized spacial score (nSPS) is 15.3. The minimum atomic E-state index is -3.53. The van der Waals surface area contributed by atoms with Crippen LogP contribution >= 0.6 is 0 Å². The summed E-state index contributed by atoms with van der Waals surface area (Å²) < 4.78 is 29.0. The fourth-order valence-corrected chi connectivity index (χ4v) is 3.86. The molecular formula is C14H18N4O2S. The number of fused-ring (bicyclic) bond motifs is 1. The van der Waals surface area contributed by atoms with Gasteiger partial charge in [0.05, 0.1) is 12.7 Å². The summed E-state index contributed by atoms with van der Waals surface area (Å²) in [5, 5.41) is 4.00. The lowest BCUT2D eigenvalue weighted by atomic mass is 10.1. The van der Waals surface area contributed by atoms with Gasteiger partial charge in [-0.25, -0.2) is 13.1 Å². The summed E-state index contributed by atoms with van der Waals surface area (Å²) in [4.78, 5) is 0.187. The molecule has 3 rings (SSSR count). The molecule has 1 aliphatic carbocycles. The van der Waals surface area contributed by atoms with E-state index < -0.39 is 10.0 Å². The molecule has 0 unspecified atom stereocenters. The molecule has 21 heavy (non-hydrogen) atoms. The van der Waals surface area contributed by atoms with Crippen LogP contribution in [0.15, 0.2) is 41.6 Å². The van der Waals surface area contributed by atoms with Crippen molar-refractivity contribution >= 4 is 10.0 Å². The van der Waals surface area contributed by atoms with Gasteiger partial charge < -0.3 is 5.73 Å². The minimum absolute atomic E-state index is 0.0924. The topological polar surface area (TPSA) is 90.0 Å². The Morgan fingerprint density at radius 2 is 1.95 bits per heavy atom. The van der Waals surface area contributed by atoms with E-state index in [1.54, 1.807) is 0 Å². The maximum absolute atomic E-state index is 12.4. The van der Waals surface area contributed by atoms with Crippen molar-refractivity contribution < 1.29 is 8.42 Å². The Bertz CT molecular complexity index is 714. The molecule has 3 N–H and O–H groups in total. The Balaban J connectivity index is 1.72. The number of rotatable bonds is 5. The number of sulfonamides is 1. The smallest absolute Gasteiger partial charge is 0.243 e. The van der Waals surface area contributed by atoms with Crippen molar-refractivity contribution in [3.05, 3.63) is 47.8 Å². The van der Waals surface area contributed by atoms with Crippen molar-refractivity contribution in [3.8, 4) is 0 Å². The van der Waals surface area contributed by atoms with E-state index in [1.807, 2.05) is 24.3 Å². The summed E-state index contributed by atoms with van der Waals surface area (Å²) in [5.74, 6) is 0. The molecule has 0 bridgehead atoms. The predicted molar refractivity (Wildman–Crippen MR) is 79.2 cm³/mol. The van der Waals surface area contributed by atoms with Crippen LogP contribution in [0.5, 0.6) is 0 Å². The zero-order chi connectivity index (χ0) is 14.9. The van der Waals surface area contributed by atoms with Crippen LogP contribution in [0.3, 0.4) is 0 Å². The monoisotopic (exact) mass is 306 g/mol. The number of aromatic nitrogens is 2. The van der Waals surface area contributed by atoms with E-state index in [4.69, 9.17) is 5.73 Å². The largest absolute Gasteiger partial charge is 0.329 e. The van der Waals surface area contributed by atoms with Crippen LogP contribution in [-0.2, 0) is 29.4 Å². The van der Waals surface area contributed by atoms with Gasteiger partial charge in [-0.2, -0.15) is 5.10 Å². The number of nitrogens with one attached hydrogen (secondary N) is 1. The standard InChI is InChI=1S/C14H18N4O2S/c15-5-6-18-10-14(9-16-18)21(19,20)17-13-7-11-3-1-2-4-12(11)8-13/h1-4,9-10,13,17H,5-8,15H2. The molecule has 0 amide bonds. The van der Waals surface area contributed by atoms with Crippen molar-refractivity contribution in [2.75, 3.05) is 6.54 Å². The van der Waals surface area contributed by atoms with E-state index in [9.17, 15) is 8.42 Å². The Morgan fingerprint density at radius 3 is 2.57 bits per heavy atom. The molecule has 6 nitrogen and oxygen atoms in total. The second kappa shape index (κ2) is 5.59. The van der Waals surface area contributed by atoms with Gasteiger partial charge in [-0.15, -0.1) is 0 Å². The fraction of sp³-hybridized carbons (Fsp3) is 0.357. The van der Waals surface area contributed by atoms with Crippen LogP contribution < -0.4 is 10.5 Å². The van der Waals surface area contributed by atoms with Gasteiger partial charge >= 0.3 is 0 Å².